The fourth-order valence-corrected chi connectivity index (χ4v) is 3.61. The summed E-state index contributed by atoms with van der Waals surface area (Å²) in [5.74, 6) is 1.17. The van der Waals surface area contributed by atoms with Crippen molar-refractivity contribution in [1.82, 2.24) is 19.8 Å². The molecule has 0 bridgehead atoms. The number of hydrogen-bond acceptors (Lipinski definition) is 5. The molecule has 1 aromatic rings. The fraction of sp³-hybridized carbons (Fsp3) is 0.667. The molecule has 2 heterocycles. The van der Waals surface area contributed by atoms with Crippen molar-refractivity contribution in [3.05, 3.63) is 18.5 Å². The van der Waals surface area contributed by atoms with Crippen LogP contribution in [0.5, 0.6) is 0 Å². The summed E-state index contributed by atoms with van der Waals surface area (Å²) in [6, 6.07) is 1.75. The summed E-state index contributed by atoms with van der Waals surface area (Å²) < 4.78 is 0. The zero-order valence-electron chi connectivity index (χ0n) is 14.7. The highest BCUT2D eigenvalue weighted by Gasteiger charge is 2.29. The van der Waals surface area contributed by atoms with Gasteiger partial charge in [0.1, 0.15) is 0 Å². The second-order valence-electron chi connectivity index (χ2n) is 6.79. The van der Waals surface area contributed by atoms with E-state index >= 15 is 0 Å². The first-order chi connectivity index (χ1) is 12.2. The molecule has 0 aromatic carbocycles. The summed E-state index contributed by atoms with van der Waals surface area (Å²) >= 11 is 0. The standard InChI is InChI=1S/C18H27N5O2/c24-16(7-10-21-18-19-8-4-9-20-18)22-11-13-23(14-12-22)17(25)15-5-2-1-3-6-15/h4,8-9,15H,1-3,5-7,10-14H2,(H,19,20,21). The molecule has 0 unspecified atom stereocenters. The van der Waals surface area contributed by atoms with Crippen LogP contribution in [0.4, 0.5) is 5.95 Å². The molecule has 0 radical (unpaired) electrons. The summed E-state index contributed by atoms with van der Waals surface area (Å²) in [6.07, 6.45) is 9.42. The molecule has 0 spiro atoms. The molecule has 2 aliphatic rings. The average Bonchev–Trinajstić information content (AvgIpc) is 2.69. The van der Waals surface area contributed by atoms with Gasteiger partial charge in [0.2, 0.25) is 17.8 Å². The Kier molecular flexibility index (Phi) is 6.19. The van der Waals surface area contributed by atoms with E-state index in [1.165, 1.54) is 19.3 Å². The number of carbonyl (C=O) groups is 2. The molecule has 1 N–H and O–H groups in total. The molecule has 1 saturated carbocycles. The van der Waals surface area contributed by atoms with E-state index in [9.17, 15) is 9.59 Å². The van der Waals surface area contributed by atoms with Gasteiger partial charge in [-0.25, -0.2) is 9.97 Å². The third kappa shape index (κ3) is 4.90. The van der Waals surface area contributed by atoms with Gasteiger partial charge in [0, 0.05) is 57.5 Å². The second-order valence-corrected chi connectivity index (χ2v) is 6.79. The van der Waals surface area contributed by atoms with E-state index in [1.807, 2.05) is 9.80 Å². The van der Waals surface area contributed by atoms with Gasteiger partial charge in [0.15, 0.2) is 0 Å². The first-order valence-electron chi connectivity index (χ1n) is 9.31. The molecule has 1 saturated heterocycles. The van der Waals surface area contributed by atoms with Crippen LogP contribution in [0.15, 0.2) is 18.5 Å². The highest BCUT2D eigenvalue weighted by Crippen LogP contribution is 2.25. The van der Waals surface area contributed by atoms with Crippen molar-refractivity contribution >= 4 is 17.8 Å². The summed E-state index contributed by atoms with van der Waals surface area (Å²) in [6.45, 7) is 3.12. The van der Waals surface area contributed by atoms with Gasteiger partial charge < -0.3 is 15.1 Å². The first kappa shape index (κ1) is 17.6. The fourth-order valence-electron chi connectivity index (χ4n) is 3.61. The molecule has 25 heavy (non-hydrogen) atoms. The lowest BCUT2D eigenvalue weighted by molar-refractivity contribution is -0.142. The Labute approximate surface area is 148 Å². The van der Waals surface area contributed by atoms with Crippen LogP contribution in [0.2, 0.25) is 0 Å². The molecule has 3 rings (SSSR count). The Hall–Kier alpha value is -2.18. The highest BCUT2D eigenvalue weighted by atomic mass is 16.2. The lowest BCUT2D eigenvalue weighted by Gasteiger charge is -2.37. The SMILES string of the molecule is O=C(CCNc1ncccn1)N1CCN(C(=O)C2CCCCC2)CC1. The zero-order valence-corrected chi connectivity index (χ0v) is 14.7. The van der Waals surface area contributed by atoms with Crippen LogP contribution in [0, 0.1) is 5.92 Å². The van der Waals surface area contributed by atoms with Gasteiger partial charge in [0.05, 0.1) is 0 Å². The molecule has 1 aromatic heterocycles. The van der Waals surface area contributed by atoms with Crippen molar-refractivity contribution in [1.29, 1.82) is 0 Å². The minimum Gasteiger partial charge on any atom is -0.354 e. The number of amides is 2. The van der Waals surface area contributed by atoms with Crippen molar-refractivity contribution in [2.45, 2.75) is 38.5 Å². The smallest absolute Gasteiger partial charge is 0.225 e. The Morgan fingerprint density at radius 1 is 1.00 bits per heavy atom. The van der Waals surface area contributed by atoms with Crippen molar-refractivity contribution in [2.75, 3.05) is 38.0 Å². The van der Waals surface area contributed by atoms with Gasteiger partial charge in [-0.05, 0) is 18.9 Å². The van der Waals surface area contributed by atoms with Crippen LogP contribution in [-0.4, -0.2) is 64.3 Å². The van der Waals surface area contributed by atoms with Crippen LogP contribution in [0.1, 0.15) is 38.5 Å². The lowest BCUT2D eigenvalue weighted by atomic mass is 9.88. The first-order valence-corrected chi connectivity index (χ1v) is 9.31. The number of hydrogen-bond donors (Lipinski definition) is 1. The van der Waals surface area contributed by atoms with Crippen LogP contribution in [0.3, 0.4) is 0 Å². The quantitative estimate of drug-likeness (QED) is 0.875. The van der Waals surface area contributed by atoms with Crippen molar-refractivity contribution in [3.63, 3.8) is 0 Å². The zero-order chi connectivity index (χ0) is 17.5. The van der Waals surface area contributed by atoms with Crippen molar-refractivity contribution in [3.8, 4) is 0 Å². The minimum atomic E-state index is 0.119. The number of aromatic nitrogens is 2. The van der Waals surface area contributed by atoms with Gasteiger partial charge in [-0.1, -0.05) is 19.3 Å². The Morgan fingerprint density at radius 3 is 2.32 bits per heavy atom. The maximum Gasteiger partial charge on any atom is 0.225 e. The third-order valence-corrected chi connectivity index (χ3v) is 5.09. The predicted octanol–water partition coefficient (Wildman–Crippen LogP) is 1.53. The summed E-state index contributed by atoms with van der Waals surface area (Å²) in [5, 5.41) is 3.05. The number of rotatable bonds is 5. The van der Waals surface area contributed by atoms with E-state index in [4.69, 9.17) is 0 Å². The van der Waals surface area contributed by atoms with E-state index in [0.717, 1.165) is 12.8 Å². The number of carbonyl (C=O) groups excluding carboxylic acids is 2. The average molecular weight is 345 g/mol. The molecular weight excluding hydrogens is 318 g/mol. The maximum absolute atomic E-state index is 12.6. The highest BCUT2D eigenvalue weighted by molar-refractivity contribution is 5.80. The maximum atomic E-state index is 12.6. The summed E-state index contributed by atoms with van der Waals surface area (Å²) in [5.41, 5.74) is 0. The van der Waals surface area contributed by atoms with Gasteiger partial charge in [-0.3, -0.25) is 9.59 Å². The van der Waals surface area contributed by atoms with Crippen LogP contribution >= 0.6 is 0 Å². The molecule has 1 aliphatic carbocycles. The number of piperazine rings is 1. The monoisotopic (exact) mass is 345 g/mol. The van der Waals surface area contributed by atoms with Crippen LogP contribution < -0.4 is 5.32 Å². The minimum absolute atomic E-state index is 0.119. The molecule has 0 atom stereocenters. The lowest BCUT2D eigenvalue weighted by Crippen LogP contribution is -2.52. The molecule has 7 nitrogen and oxygen atoms in total. The molecule has 1 aliphatic heterocycles. The molecule has 136 valence electrons. The van der Waals surface area contributed by atoms with Gasteiger partial charge >= 0.3 is 0 Å². The van der Waals surface area contributed by atoms with Crippen molar-refractivity contribution < 1.29 is 9.59 Å². The van der Waals surface area contributed by atoms with Crippen LogP contribution in [0.25, 0.3) is 0 Å². The van der Waals surface area contributed by atoms with Gasteiger partial charge in [-0.15, -0.1) is 0 Å². The predicted molar refractivity (Wildman–Crippen MR) is 94.9 cm³/mol. The van der Waals surface area contributed by atoms with Gasteiger partial charge in [-0.2, -0.15) is 0 Å². The van der Waals surface area contributed by atoms with Crippen molar-refractivity contribution in [2.24, 2.45) is 5.92 Å². The molecule has 7 heteroatoms. The Bertz CT molecular complexity index is 566. The Morgan fingerprint density at radius 2 is 1.64 bits per heavy atom. The van der Waals surface area contributed by atoms with Crippen LogP contribution in [-0.2, 0) is 9.59 Å². The topological polar surface area (TPSA) is 78.4 Å². The van der Waals surface area contributed by atoms with E-state index in [0.29, 0.717) is 51.0 Å². The van der Waals surface area contributed by atoms with E-state index in [-0.39, 0.29) is 11.8 Å². The summed E-state index contributed by atoms with van der Waals surface area (Å²) in [4.78, 5) is 36.8. The molecule has 2 amide bonds. The summed E-state index contributed by atoms with van der Waals surface area (Å²) in [7, 11) is 0. The largest absolute Gasteiger partial charge is 0.354 e. The molecule has 2 fully saturated rings. The van der Waals surface area contributed by atoms with Gasteiger partial charge in [0.25, 0.3) is 0 Å². The number of nitrogens with one attached hydrogen (secondary N) is 1. The molecular formula is C18H27N5O2. The number of nitrogens with zero attached hydrogens (tertiary/aromatic N) is 4. The number of anilines is 1. The second kappa shape index (κ2) is 8.78. The van der Waals surface area contributed by atoms with E-state index in [2.05, 4.69) is 15.3 Å². The third-order valence-electron chi connectivity index (χ3n) is 5.09. The normalized spacial score (nSPS) is 18.9. The van der Waals surface area contributed by atoms with E-state index in [1.54, 1.807) is 18.5 Å². The van der Waals surface area contributed by atoms with E-state index < -0.39 is 0 Å². The Balaban J connectivity index is 1.37.